The number of anilines is 1. The van der Waals surface area contributed by atoms with Gasteiger partial charge >= 0.3 is 0 Å². The summed E-state index contributed by atoms with van der Waals surface area (Å²) in [6.45, 7) is 3.41. The van der Waals surface area contributed by atoms with Gasteiger partial charge in [-0.15, -0.1) is 0 Å². The van der Waals surface area contributed by atoms with Crippen LogP contribution in [0.2, 0.25) is 0 Å². The van der Waals surface area contributed by atoms with E-state index in [2.05, 4.69) is 9.80 Å². The number of hydrogen-bond donors (Lipinski definition) is 0. The van der Waals surface area contributed by atoms with Crippen LogP contribution in [-0.4, -0.2) is 50.5 Å². The molecule has 0 aliphatic carbocycles. The summed E-state index contributed by atoms with van der Waals surface area (Å²) < 4.78 is 5.12. The lowest BCUT2D eigenvalue weighted by molar-refractivity contribution is 0.0926. The molecule has 1 aliphatic rings. The molecule has 1 saturated heterocycles. The van der Waals surface area contributed by atoms with E-state index in [0.717, 1.165) is 37.6 Å². The van der Waals surface area contributed by atoms with Gasteiger partial charge in [0.2, 0.25) is 5.43 Å². The highest BCUT2D eigenvalue weighted by molar-refractivity contribution is 5.97. The molecule has 0 aromatic heterocycles. The molecule has 130 valence electrons. The monoisotopic (exact) mass is 338 g/mol. The minimum Gasteiger partial charge on any atom is -0.497 e. The first kappa shape index (κ1) is 17.2. The molecule has 5 nitrogen and oxygen atoms in total. The summed E-state index contributed by atoms with van der Waals surface area (Å²) in [4.78, 5) is 28.7. The van der Waals surface area contributed by atoms with Crippen molar-refractivity contribution >= 4 is 11.5 Å². The van der Waals surface area contributed by atoms with Crippen LogP contribution in [0.5, 0.6) is 5.75 Å². The van der Waals surface area contributed by atoms with Gasteiger partial charge in [0.1, 0.15) is 5.75 Å². The lowest BCUT2D eigenvalue weighted by atomic mass is 10.1. The minimum absolute atomic E-state index is 0.0350. The molecule has 0 bridgehead atoms. The zero-order valence-corrected chi connectivity index (χ0v) is 14.4. The number of methoxy groups -OCH3 is 1. The van der Waals surface area contributed by atoms with Gasteiger partial charge in [-0.05, 0) is 36.4 Å². The third-order valence-corrected chi connectivity index (χ3v) is 4.47. The van der Waals surface area contributed by atoms with Crippen molar-refractivity contribution in [2.24, 2.45) is 0 Å². The van der Waals surface area contributed by atoms with Gasteiger partial charge in [0.25, 0.3) is 0 Å². The van der Waals surface area contributed by atoms with Crippen LogP contribution in [0.1, 0.15) is 10.4 Å². The molecule has 0 radical (unpaired) electrons. The number of ketones is 1. The molecule has 1 heterocycles. The Morgan fingerprint density at radius 1 is 0.960 bits per heavy atom. The van der Waals surface area contributed by atoms with Crippen molar-refractivity contribution in [3.05, 3.63) is 70.4 Å². The van der Waals surface area contributed by atoms with E-state index in [1.807, 2.05) is 18.2 Å². The SMILES string of the molecule is COc1ccc(C(=O)CN2CCN(c3cccccc3=O)CC2)cc1. The molecule has 0 N–H and O–H groups in total. The van der Waals surface area contributed by atoms with Crippen molar-refractivity contribution in [1.82, 2.24) is 4.90 Å². The fourth-order valence-corrected chi connectivity index (χ4v) is 3.00. The van der Waals surface area contributed by atoms with E-state index in [0.29, 0.717) is 12.1 Å². The van der Waals surface area contributed by atoms with Crippen molar-refractivity contribution in [2.45, 2.75) is 0 Å². The molecule has 1 aliphatic heterocycles. The van der Waals surface area contributed by atoms with Gasteiger partial charge < -0.3 is 9.64 Å². The van der Waals surface area contributed by atoms with E-state index >= 15 is 0 Å². The summed E-state index contributed by atoms with van der Waals surface area (Å²) in [6.07, 6.45) is 0. The van der Waals surface area contributed by atoms with Gasteiger partial charge in [-0.2, -0.15) is 0 Å². The van der Waals surface area contributed by atoms with E-state index < -0.39 is 0 Å². The molecule has 3 rings (SSSR count). The topological polar surface area (TPSA) is 49.9 Å². The molecule has 2 aromatic rings. The van der Waals surface area contributed by atoms with E-state index in [1.165, 1.54) is 0 Å². The summed E-state index contributed by atoms with van der Waals surface area (Å²) in [6, 6.07) is 16.2. The van der Waals surface area contributed by atoms with Crippen molar-refractivity contribution < 1.29 is 9.53 Å². The summed E-state index contributed by atoms with van der Waals surface area (Å²) in [5.41, 5.74) is 1.46. The Balaban J connectivity index is 1.58. The van der Waals surface area contributed by atoms with Gasteiger partial charge in [-0.25, -0.2) is 0 Å². The van der Waals surface area contributed by atoms with Crippen molar-refractivity contribution in [1.29, 1.82) is 0 Å². The summed E-state index contributed by atoms with van der Waals surface area (Å²) >= 11 is 0. The van der Waals surface area contributed by atoms with Crippen LogP contribution in [0.15, 0.2) is 59.4 Å². The maximum Gasteiger partial charge on any atom is 0.201 e. The minimum atomic E-state index is 0.0350. The molecular weight excluding hydrogens is 316 g/mol. The largest absolute Gasteiger partial charge is 0.497 e. The number of carbonyl (C=O) groups is 1. The molecule has 0 spiro atoms. The average molecular weight is 338 g/mol. The Labute approximate surface area is 147 Å². The van der Waals surface area contributed by atoms with Crippen molar-refractivity contribution in [3.63, 3.8) is 0 Å². The third-order valence-electron chi connectivity index (χ3n) is 4.47. The van der Waals surface area contributed by atoms with Crippen LogP contribution in [0.4, 0.5) is 5.69 Å². The lowest BCUT2D eigenvalue weighted by Gasteiger charge is -2.35. The van der Waals surface area contributed by atoms with Crippen LogP contribution in [0, 0.1) is 0 Å². The van der Waals surface area contributed by atoms with Crippen LogP contribution >= 0.6 is 0 Å². The number of carbonyl (C=O) groups excluding carboxylic acids is 1. The normalized spacial score (nSPS) is 15.0. The Kier molecular flexibility index (Phi) is 5.46. The lowest BCUT2D eigenvalue weighted by Crippen LogP contribution is -2.48. The Morgan fingerprint density at radius 3 is 2.32 bits per heavy atom. The smallest absolute Gasteiger partial charge is 0.201 e. The molecule has 5 heteroatoms. The maximum atomic E-state index is 12.4. The third kappa shape index (κ3) is 4.25. The summed E-state index contributed by atoms with van der Waals surface area (Å²) in [5.74, 6) is 0.848. The second-order valence-electron chi connectivity index (χ2n) is 6.08. The number of ether oxygens (including phenoxy) is 1. The second-order valence-corrected chi connectivity index (χ2v) is 6.08. The summed E-state index contributed by atoms with van der Waals surface area (Å²) in [5, 5.41) is 0. The van der Waals surface area contributed by atoms with Crippen LogP contribution < -0.4 is 15.1 Å². The second kappa shape index (κ2) is 7.94. The standard InChI is InChI=1S/C20H22N2O3/c1-25-17-9-7-16(8-10-17)20(24)15-21-11-13-22(14-12-21)18-5-3-2-4-6-19(18)23/h2-10H,11-15H2,1H3. The Morgan fingerprint density at radius 2 is 1.64 bits per heavy atom. The van der Waals surface area contributed by atoms with Crippen molar-refractivity contribution in [2.75, 3.05) is 44.7 Å². The van der Waals surface area contributed by atoms with Crippen molar-refractivity contribution in [3.8, 4) is 5.75 Å². The first-order valence-corrected chi connectivity index (χ1v) is 8.41. The highest BCUT2D eigenvalue weighted by Crippen LogP contribution is 2.14. The predicted octanol–water partition coefficient (Wildman–Crippen LogP) is 2.06. The zero-order valence-electron chi connectivity index (χ0n) is 14.4. The Hall–Kier alpha value is -2.66. The first-order chi connectivity index (χ1) is 12.2. The van der Waals surface area contributed by atoms with Gasteiger partial charge in [-0.1, -0.05) is 18.2 Å². The van der Waals surface area contributed by atoms with E-state index in [-0.39, 0.29) is 11.2 Å². The van der Waals surface area contributed by atoms with E-state index in [9.17, 15) is 9.59 Å². The van der Waals surface area contributed by atoms with Crippen LogP contribution in [0.25, 0.3) is 0 Å². The summed E-state index contributed by atoms with van der Waals surface area (Å²) in [7, 11) is 1.61. The average Bonchev–Trinajstić information content (AvgIpc) is 2.87. The number of piperazine rings is 1. The quantitative estimate of drug-likeness (QED) is 0.781. The molecule has 25 heavy (non-hydrogen) atoms. The number of Topliss-reactive ketones (excluding diaryl/α,β-unsaturated/α-hetero) is 1. The van der Waals surface area contributed by atoms with Gasteiger partial charge in [0.05, 0.1) is 19.3 Å². The molecule has 0 saturated carbocycles. The maximum absolute atomic E-state index is 12.4. The van der Waals surface area contributed by atoms with Crippen LogP contribution in [0.3, 0.4) is 0 Å². The highest BCUT2D eigenvalue weighted by atomic mass is 16.5. The van der Waals surface area contributed by atoms with E-state index in [4.69, 9.17) is 4.74 Å². The fraction of sp³-hybridized carbons (Fsp3) is 0.300. The molecule has 0 unspecified atom stereocenters. The number of hydrogen-bond acceptors (Lipinski definition) is 5. The molecular formula is C20H22N2O3. The van der Waals surface area contributed by atoms with Crippen LogP contribution in [-0.2, 0) is 0 Å². The fourth-order valence-electron chi connectivity index (χ4n) is 3.00. The number of rotatable bonds is 5. The molecule has 1 fully saturated rings. The Bertz CT molecular complexity index is 781. The first-order valence-electron chi connectivity index (χ1n) is 8.41. The van der Waals surface area contributed by atoms with Gasteiger partial charge in [-0.3, -0.25) is 14.5 Å². The zero-order chi connectivity index (χ0) is 17.6. The molecule has 2 aromatic carbocycles. The highest BCUT2D eigenvalue weighted by Gasteiger charge is 2.20. The number of nitrogens with zero attached hydrogens (tertiary/aromatic N) is 2. The number of benzene rings is 1. The van der Waals surface area contributed by atoms with Gasteiger partial charge in [0, 0.05) is 31.7 Å². The van der Waals surface area contributed by atoms with E-state index in [1.54, 1.807) is 43.5 Å². The predicted molar refractivity (Wildman–Crippen MR) is 98.7 cm³/mol. The molecule has 0 amide bonds. The van der Waals surface area contributed by atoms with Gasteiger partial charge in [0.15, 0.2) is 5.78 Å². The molecule has 0 atom stereocenters.